The Kier molecular flexibility index (Phi) is 4.74. The molecule has 0 aliphatic rings. The lowest BCUT2D eigenvalue weighted by atomic mass is 9.66. The molecule has 0 aromatic carbocycles. The maximum absolute atomic E-state index is 12.9. The van der Waals surface area contributed by atoms with E-state index in [1.165, 1.54) is 13.0 Å². The van der Waals surface area contributed by atoms with Gasteiger partial charge in [0.2, 0.25) is 0 Å². The number of hydrogen-bond donors (Lipinski definition) is 0. The van der Waals surface area contributed by atoms with Crippen LogP contribution in [0.25, 0.3) is 0 Å². The lowest BCUT2D eigenvalue weighted by molar-refractivity contribution is -0.141. The number of halogens is 3. The van der Waals surface area contributed by atoms with E-state index in [0.29, 0.717) is 5.56 Å². The number of sulfone groups is 1. The molecular formula is C15H22F3NO2S. The normalized spacial score (nSPS) is 14.2. The van der Waals surface area contributed by atoms with Crippen molar-refractivity contribution in [3.63, 3.8) is 0 Å². The summed E-state index contributed by atoms with van der Waals surface area (Å²) in [7, 11) is -3.87. The molecule has 0 saturated heterocycles. The van der Waals surface area contributed by atoms with Crippen LogP contribution in [0.5, 0.6) is 0 Å². The van der Waals surface area contributed by atoms with Crippen LogP contribution in [0.3, 0.4) is 0 Å². The summed E-state index contributed by atoms with van der Waals surface area (Å²) in [5.41, 5.74) is -1.89. The maximum Gasteiger partial charge on any atom is 0.433 e. The van der Waals surface area contributed by atoms with Gasteiger partial charge >= 0.3 is 6.18 Å². The Morgan fingerprint density at radius 2 is 1.55 bits per heavy atom. The molecule has 0 bridgehead atoms. The van der Waals surface area contributed by atoms with Gasteiger partial charge in [-0.05, 0) is 22.5 Å². The third-order valence-corrected chi connectivity index (χ3v) is 6.03. The lowest BCUT2D eigenvalue weighted by Crippen LogP contribution is -2.36. The lowest BCUT2D eigenvalue weighted by Gasteiger charge is -2.40. The Bertz CT molecular complexity index is 656. The molecule has 0 fully saturated rings. The van der Waals surface area contributed by atoms with Gasteiger partial charge in [-0.1, -0.05) is 47.6 Å². The van der Waals surface area contributed by atoms with Gasteiger partial charge in [0.1, 0.15) is 5.69 Å². The number of alkyl halides is 3. The van der Waals surface area contributed by atoms with E-state index in [-0.39, 0.29) is 11.2 Å². The summed E-state index contributed by atoms with van der Waals surface area (Å²) in [4.78, 5) is 3.45. The molecule has 1 rings (SSSR count). The number of rotatable bonds is 3. The number of nitrogens with zero attached hydrogens (tertiary/aromatic N) is 1. The first-order valence-electron chi connectivity index (χ1n) is 6.96. The minimum atomic E-state index is -4.68. The number of hydrogen-bond acceptors (Lipinski definition) is 3. The highest BCUT2D eigenvalue weighted by Crippen LogP contribution is 2.43. The third-order valence-electron chi connectivity index (χ3n) is 4.37. The zero-order chi connectivity index (χ0) is 17.6. The predicted octanol–water partition coefficient (Wildman–Crippen LogP) is 4.22. The zero-order valence-corrected chi connectivity index (χ0v) is 14.5. The van der Waals surface area contributed by atoms with Crippen molar-refractivity contribution in [2.45, 2.75) is 58.2 Å². The van der Waals surface area contributed by atoms with Crippen LogP contribution >= 0.6 is 0 Å². The van der Waals surface area contributed by atoms with E-state index in [1.54, 1.807) is 0 Å². The highest BCUT2D eigenvalue weighted by molar-refractivity contribution is 7.91. The molecule has 0 N–H and O–H groups in total. The fourth-order valence-electron chi connectivity index (χ4n) is 1.85. The van der Waals surface area contributed by atoms with Crippen LogP contribution in [0.15, 0.2) is 17.2 Å². The molecule has 0 aliphatic carbocycles. The second-order valence-corrected chi connectivity index (χ2v) is 9.02. The van der Waals surface area contributed by atoms with Crippen molar-refractivity contribution in [3.05, 3.63) is 23.4 Å². The first kappa shape index (κ1) is 18.9. The summed E-state index contributed by atoms with van der Waals surface area (Å²) in [6.45, 7) is 10.7. The topological polar surface area (TPSA) is 47.0 Å². The zero-order valence-electron chi connectivity index (χ0n) is 13.7. The smallest absolute Gasteiger partial charge is 0.231 e. The van der Waals surface area contributed by atoms with Crippen molar-refractivity contribution in [1.29, 1.82) is 0 Å². The van der Waals surface area contributed by atoms with Gasteiger partial charge in [-0.3, -0.25) is 0 Å². The minimum absolute atomic E-state index is 0.297. The molecule has 3 nitrogen and oxygen atoms in total. The summed E-state index contributed by atoms with van der Waals surface area (Å²) in [6.07, 6.45) is -4.68. The van der Waals surface area contributed by atoms with Crippen molar-refractivity contribution in [2.24, 2.45) is 5.41 Å². The van der Waals surface area contributed by atoms with Crippen molar-refractivity contribution < 1.29 is 21.6 Å². The van der Waals surface area contributed by atoms with E-state index < -0.39 is 32.1 Å². The van der Waals surface area contributed by atoms with E-state index >= 15 is 0 Å². The standard InChI is InChI=1S/C15H22F3NO2S/c1-7-22(20,21)12-10(14(5,6)13(2,3)4)8-9-11(19-12)15(16,17)18/h8-9H,7H2,1-6H3. The van der Waals surface area contributed by atoms with Gasteiger partial charge in [0.05, 0.1) is 5.75 Å². The molecule has 1 heterocycles. The largest absolute Gasteiger partial charge is 0.433 e. The summed E-state index contributed by atoms with van der Waals surface area (Å²) in [6, 6.07) is 2.08. The Morgan fingerprint density at radius 3 is 1.91 bits per heavy atom. The SMILES string of the molecule is CCS(=O)(=O)c1nc(C(F)(F)F)ccc1C(C)(C)C(C)(C)C. The highest BCUT2D eigenvalue weighted by Gasteiger charge is 2.41. The number of pyridine rings is 1. The first-order valence-corrected chi connectivity index (χ1v) is 8.61. The third kappa shape index (κ3) is 3.45. The first-order chi connectivity index (χ1) is 9.64. The van der Waals surface area contributed by atoms with E-state index in [0.717, 1.165) is 6.07 Å². The molecule has 0 atom stereocenters. The Balaban J connectivity index is 3.75. The average molecular weight is 337 g/mol. The predicted molar refractivity (Wildman–Crippen MR) is 79.4 cm³/mol. The summed E-state index contributed by atoms with van der Waals surface area (Å²) >= 11 is 0. The molecule has 1 aromatic heterocycles. The van der Waals surface area contributed by atoms with Crippen molar-refractivity contribution in [3.8, 4) is 0 Å². The van der Waals surface area contributed by atoms with Crippen molar-refractivity contribution >= 4 is 9.84 Å². The fourth-order valence-corrected chi connectivity index (χ4v) is 3.02. The molecule has 0 radical (unpaired) electrons. The molecule has 22 heavy (non-hydrogen) atoms. The molecule has 0 spiro atoms. The van der Waals surface area contributed by atoms with Gasteiger partial charge in [0.25, 0.3) is 0 Å². The van der Waals surface area contributed by atoms with Crippen LogP contribution < -0.4 is 0 Å². The van der Waals surface area contributed by atoms with Crippen molar-refractivity contribution in [1.82, 2.24) is 4.98 Å². The Labute approximate surface area is 129 Å². The summed E-state index contributed by atoms with van der Waals surface area (Å²) in [5, 5.41) is -0.468. The molecular weight excluding hydrogens is 315 g/mol. The molecule has 0 saturated carbocycles. The van der Waals surface area contributed by atoms with Gasteiger partial charge < -0.3 is 0 Å². The van der Waals surface area contributed by atoms with E-state index in [9.17, 15) is 21.6 Å². The average Bonchev–Trinajstić information content (AvgIpc) is 2.35. The minimum Gasteiger partial charge on any atom is -0.231 e. The van der Waals surface area contributed by atoms with Gasteiger partial charge in [-0.2, -0.15) is 13.2 Å². The van der Waals surface area contributed by atoms with Crippen LogP contribution in [0.1, 0.15) is 52.8 Å². The van der Waals surface area contributed by atoms with Crippen LogP contribution in [-0.2, 0) is 21.4 Å². The molecule has 0 aliphatic heterocycles. The van der Waals surface area contributed by atoms with Crippen LogP contribution in [0, 0.1) is 5.41 Å². The molecule has 1 aromatic rings. The van der Waals surface area contributed by atoms with E-state index in [2.05, 4.69) is 4.98 Å². The second-order valence-electron chi connectivity index (χ2n) is 6.83. The van der Waals surface area contributed by atoms with Gasteiger partial charge in [0, 0.05) is 0 Å². The van der Waals surface area contributed by atoms with Crippen LogP contribution in [-0.4, -0.2) is 19.2 Å². The summed E-state index contributed by atoms with van der Waals surface area (Å²) < 4.78 is 63.1. The van der Waals surface area contributed by atoms with E-state index in [1.807, 2.05) is 34.6 Å². The molecule has 0 amide bonds. The monoisotopic (exact) mass is 337 g/mol. The fraction of sp³-hybridized carbons (Fsp3) is 0.667. The van der Waals surface area contributed by atoms with Gasteiger partial charge in [-0.15, -0.1) is 0 Å². The van der Waals surface area contributed by atoms with Crippen LogP contribution in [0.4, 0.5) is 13.2 Å². The number of aromatic nitrogens is 1. The van der Waals surface area contributed by atoms with E-state index in [4.69, 9.17) is 0 Å². The molecule has 0 unspecified atom stereocenters. The molecule has 7 heteroatoms. The highest BCUT2D eigenvalue weighted by atomic mass is 32.2. The quantitative estimate of drug-likeness (QED) is 0.830. The van der Waals surface area contributed by atoms with Crippen LogP contribution in [0.2, 0.25) is 0 Å². The van der Waals surface area contributed by atoms with Gasteiger partial charge in [-0.25, -0.2) is 13.4 Å². The summed E-state index contributed by atoms with van der Waals surface area (Å²) in [5.74, 6) is -0.297. The maximum atomic E-state index is 12.9. The molecule has 126 valence electrons. The Hall–Kier alpha value is -1.11. The Morgan fingerprint density at radius 1 is 1.05 bits per heavy atom. The van der Waals surface area contributed by atoms with Crippen molar-refractivity contribution in [2.75, 3.05) is 5.75 Å². The van der Waals surface area contributed by atoms with Gasteiger partial charge in [0.15, 0.2) is 14.9 Å². The second kappa shape index (κ2) is 5.51.